The number of halogens is 4. The quantitative estimate of drug-likeness (QED) is 0.228. The van der Waals surface area contributed by atoms with E-state index in [0.29, 0.717) is 10.9 Å². The van der Waals surface area contributed by atoms with Gasteiger partial charge < -0.3 is 14.2 Å². The van der Waals surface area contributed by atoms with Crippen LogP contribution in [0.2, 0.25) is 0 Å². The molecule has 1 saturated carbocycles. The van der Waals surface area contributed by atoms with Crippen LogP contribution in [-0.4, -0.2) is 53.0 Å². The van der Waals surface area contributed by atoms with Gasteiger partial charge in [-0.2, -0.15) is 8.78 Å². The van der Waals surface area contributed by atoms with E-state index in [-0.39, 0.29) is 40.1 Å². The molecule has 37 heavy (non-hydrogen) atoms. The van der Waals surface area contributed by atoms with E-state index in [1.807, 2.05) is 0 Å². The van der Waals surface area contributed by atoms with Crippen LogP contribution in [0.4, 0.5) is 22.7 Å². The van der Waals surface area contributed by atoms with Gasteiger partial charge in [0.05, 0.1) is 25.5 Å². The standard InChI is InChI=1S/C23H19F4N5O4S/c1-34-17-11-28-16(20(24)25)8-14(17)13-9-18(35-6-7-36-22(26)27)29-10-15(13)21(33)30-23-32-31-19(37-23)5-4-12-2-3-12/h8-12,20,22H,2-3,6-7H2,1H3,(H,30,32,33). The fraction of sp³-hybridized carbons (Fsp3) is 0.348. The van der Waals surface area contributed by atoms with E-state index in [0.717, 1.165) is 42.6 Å². The fourth-order valence-corrected chi connectivity index (χ4v) is 3.63. The number of anilines is 1. The molecule has 0 unspecified atom stereocenters. The number of aromatic nitrogens is 4. The first kappa shape index (κ1) is 26.2. The van der Waals surface area contributed by atoms with Gasteiger partial charge in [-0.25, -0.2) is 13.8 Å². The number of methoxy groups -OCH3 is 1. The van der Waals surface area contributed by atoms with E-state index in [1.54, 1.807) is 0 Å². The third-order valence-electron chi connectivity index (χ3n) is 4.93. The second-order valence-electron chi connectivity index (χ2n) is 7.57. The van der Waals surface area contributed by atoms with Crippen molar-refractivity contribution in [3.63, 3.8) is 0 Å². The molecule has 0 atom stereocenters. The summed E-state index contributed by atoms with van der Waals surface area (Å²) in [7, 11) is 1.31. The van der Waals surface area contributed by atoms with Gasteiger partial charge >= 0.3 is 6.61 Å². The normalized spacial score (nSPS) is 12.8. The van der Waals surface area contributed by atoms with Crippen molar-refractivity contribution < 1.29 is 36.6 Å². The maximum atomic E-state index is 13.4. The van der Waals surface area contributed by atoms with Crippen molar-refractivity contribution in [3.05, 3.63) is 40.8 Å². The Morgan fingerprint density at radius 1 is 1.14 bits per heavy atom. The monoisotopic (exact) mass is 537 g/mol. The average molecular weight is 537 g/mol. The molecule has 9 nitrogen and oxygen atoms in total. The summed E-state index contributed by atoms with van der Waals surface area (Å²) < 4.78 is 65.9. The minimum atomic E-state index is -2.97. The number of pyridine rings is 2. The highest BCUT2D eigenvalue weighted by Gasteiger charge is 2.22. The number of hydrogen-bond acceptors (Lipinski definition) is 9. The molecule has 1 fully saturated rings. The van der Waals surface area contributed by atoms with Gasteiger partial charge in [-0.3, -0.25) is 15.1 Å². The number of carbonyl (C=O) groups excluding carboxylic acids is 1. The minimum absolute atomic E-state index is 0.0262. The SMILES string of the molecule is COc1cnc(C(F)F)cc1-c1cc(OCCOC(F)F)ncc1C(=O)Nc1nnc(C#CC2CC2)s1. The van der Waals surface area contributed by atoms with Crippen molar-refractivity contribution in [2.24, 2.45) is 5.92 Å². The zero-order valence-electron chi connectivity index (χ0n) is 19.2. The molecule has 1 N–H and O–H groups in total. The Kier molecular flexibility index (Phi) is 8.47. The summed E-state index contributed by atoms with van der Waals surface area (Å²) in [6.07, 6.45) is 1.48. The van der Waals surface area contributed by atoms with Crippen LogP contribution in [0.15, 0.2) is 24.5 Å². The molecule has 14 heteroatoms. The first-order valence-electron chi connectivity index (χ1n) is 10.9. The molecule has 0 saturated heterocycles. The second kappa shape index (κ2) is 11.9. The van der Waals surface area contributed by atoms with Crippen molar-refractivity contribution in [1.29, 1.82) is 0 Å². The van der Waals surface area contributed by atoms with Crippen LogP contribution in [0.25, 0.3) is 11.1 Å². The van der Waals surface area contributed by atoms with Gasteiger partial charge in [-0.1, -0.05) is 17.3 Å². The van der Waals surface area contributed by atoms with Crippen molar-refractivity contribution in [2.45, 2.75) is 25.9 Å². The Hall–Kier alpha value is -3.83. The summed E-state index contributed by atoms with van der Waals surface area (Å²) in [5.74, 6) is 5.71. The van der Waals surface area contributed by atoms with Crippen LogP contribution in [0.1, 0.15) is 40.3 Å². The third kappa shape index (κ3) is 7.11. The third-order valence-corrected chi connectivity index (χ3v) is 5.68. The molecule has 4 rings (SSSR count). The van der Waals surface area contributed by atoms with Gasteiger partial charge in [-0.15, -0.1) is 10.2 Å². The van der Waals surface area contributed by atoms with E-state index in [9.17, 15) is 22.4 Å². The molecular weight excluding hydrogens is 518 g/mol. The molecule has 0 radical (unpaired) electrons. The molecule has 0 aromatic carbocycles. The predicted octanol–water partition coefficient (Wildman–Crippen LogP) is 4.57. The fourth-order valence-electron chi connectivity index (χ4n) is 3.03. The Morgan fingerprint density at radius 3 is 2.65 bits per heavy atom. The largest absolute Gasteiger partial charge is 0.494 e. The molecule has 194 valence electrons. The smallest absolute Gasteiger partial charge is 0.345 e. The van der Waals surface area contributed by atoms with E-state index in [4.69, 9.17) is 9.47 Å². The first-order chi connectivity index (χ1) is 17.8. The molecule has 1 amide bonds. The molecule has 0 aliphatic heterocycles. The highest BCUT2D eigenvalue weighted by Crippen LogP contribution is 2.36. The lowest BCUT2D eigenvalue weighted by molar-refractivity contribution is -0.133. The molecule has 3 aromatic rings. The molecular formula is C23H19F4N5O4S. The van der Waals surface area contributed by atoms with Crippen molar-refractivity contribution in [1.82, 2.24) is 20.2 Å². The Morgan fingerprint density at radius 2 is 1.95 bits per heavy atom. The van der Waals surface area contributed by atoms with E-state index < -0.39 is 31.2 Å². The van der Waals surface area contributed by atoms with Crippen LogP contribution < -0.4 is 14.8 Å². The Labute approximate surface area is 212 Å². The summed E-state index contributed by atoms with van der Waals surface area (Å²) in [5, 5.41) is 11.1. The van der Waals surface area contributed by atoms with Crippen molar-refractivity contribution in [2.75, 3.05) is 25.6 Å². The summed E-state index contributed by atoms with van der Waals surface area (Å²) in [6.45, 7) is -3.66. The van der Waals surface area contributed by atoms with Gasteiger partial charge in [0.15, 0.2) is 5.01 Å². The minimum Gasteiger partial charge on any atom is -0.494 e. The van der Waals surface area contributed by atoms with Crippen LogP contribution in [0, 0.1) is 17.8 Å². The lowest BCUT2D eigenvalue weighted by atomic mass is 10.00. The van der Waals surface area contributed by atoms with Crippen LogP contribution in [0.3, 0.4) is 0 Å². The molecule has 3 aromatic heterocycles. The molecule has 1 aliphatic carbocycles. The number of hydrogen-bond donors (Lipinski definition) is 1. The van der Waals surface area contributed by atoms with E-state index in [2.05, 4.69) is 42.1 Å². The molecule has 0 bridgehead atoms. The molecule has 3 heterocycles. The zero-order chi connectivity index (χ0) is 26.4. The van der Waals surface area contributed by atoms with Gasteiger partial charge in [0.2, 0.25) is 11.0 Å². The highest BCUT2D eigenvalue weighted by molar-refractivity contribution is 7.15. The van der Waals surface area contributed by atoms with Crippen molar-refractivity contribution in [3.8, 4) is 34.6 Å². The summed E-state index contributed by atoms with van der Waals surface area (Å²) in [5.41, 5.74) is -0.338. The Bertz CT molecular complexity index is 1320. The number of amides is 1. The lowest BCUT2D eigenvalue weighted by Gasteiger charge is -2.15. The first-order valence-corrected chi connectivity index (χ1v) is 11.7. The topological polar surface area (TPSA) is 108 Å². The van der Waals surface area contributed by atoms with E-state index >= 15 is 0 Å². The zero-order valence-corrected chi connectivity index (χ0v) is 20.0. The van der Waals surface area contributed by atoms with E-state index in [1.165, 1.54) is 13.2 Å². The van der Waals surface area contributed by atoms with Gasteiger partial charge in [-0.05, 0) is 24.8 Å². The van der Waals surface area contributed by atoms with Crippen LogP contribution in [0.5, 0.6) is 11.6 Å². The summed E-state index contributed by atoms with van der Waals surface area (Å²) >= 11 is 1.08. The summed E-state index contributed by atoms with van der Waals surface area (Å²) in [4.78, 5) is 20.9. The predicted molar refractivity (Wildman–Crippen MR) is 124 cm³/mol. The second-order valence-corrected chi connectivity index (χ2v) is 8.55. The van der Waals surface area contributed by atoms with Crippen molar-refractivity contribution >= 4 is 22.4 Å². The summed E-state index contributed by atoms with van der Waals surface area (Å²) in [6, 6.07) is 2.38. The van der Waals surface area contributed by atoms with Crippen LogP contribution >= 0.6 is 11.3 Å². The number of nitrogens with one attached hydrogen (secondary N) is 1. The van der Waals surface area contributed by atoms with Gasteiger partial charge in [0, 0.05) is 29.3 Å². The molecule has 0 spiro atoms. The van der Waals surface area contributed by atoms with Crippen LogP contribution in [-0.2, 0) is 4.74 Å². The number of rotatable bonds is 10. The average Bonchev–Trinajstić information content (AvgIpc) is 3.62. The Balaban J connectivity index is 1.64. The lowest BCUT2D eigenvalue weighted by Crippen LogP contribution is -2.15. The van der Waals surface area contributed by atoms with Gasteiger partial charge in [0.25, 0.3) is 12.3 Å². The number of alkyl halides is 4. The maximum Gasteiger partial charge on any atom is 0.345 e. The molecule has 1 aliphatic rings. The van der Waals surface area contributed by atoms with Gasteiger partial charge in [0.1, 0.15) is 18.1 Å². The number of ether oxygens (including phenoxy) is 3. The highest BCUT2D eigenvalue weighted by atomic mass is 32.1. The number of carbonyl (C=O) groups is 1. The number of nitrogens with zero attached hydrogens (tertiary/aromatic N) is 4. The maximum absolute atomic E-state index is 13.4.